The minimum atomic E-state index is -0.0317. The van der Waals surface area contributed by atoms with Gasteiger partial charge in [-0.3, -0.25) is 4.79 Å². The van der Waals surface area contributed by atoms with Crippen LogP contribution in [0.1, 0.15) is 37.9 Å². The van der Waals surface area contributed by atoms with E-state index >= 15 is 0 Å². The molecule has 0 aliphatic carbocycles. The first-order valence-corrected chi connectivity index (χ1v) is 13.2. The van der Waals surface area contributed by atoms with Gasteiger partial charge in [-0.15, -0.1) is 0 Å². The normalized spacial score (nSPS) is 16.4. The summed E-state index contributed by atoms with van der Waals surface area (Å²) in [5, 5.41) is 12.5. The van der Waals surface area contributed by atoms with Crippen LogP contribution in [0, 0.1) is 0 Å². The number of phenolic OH excluding ortho intramolecular Hbond substituents is 1. The van der Waals surface area contributed by atoms with Crippen molar-refractivity contribution in [3.63, 3.8) is 0 Å². The van der Waals surface area contributed by atoms with E-state index in [1.807, 2.05) is 29.2 Å². The molecule has 1 saturated heterocycles. The lowest BCUT2D eigenvalue weighted by molar-refractivity contribution is -0.126. The smallest absolute Gasteiger partial charge is 0.318 e. The van der Waals surface area contributed by atoms with Crippen LogP contribution < -0.4 is 14.5 Å². The van der Waals surface area contributed by atoms with E-state index in [1.54, 1.807) is 6.07 Å². The molecule has 37 heavy (non-hydrogen) atoms. The first kappa shape index (κ1) is 24.9. The van der Waals surface area contributed by atoms with E-state index in [0.717, 1.165) is 59.3 Å². The summed E-state index contributed by atoms with van der Waals surface area (Å²) in [4.78, 5) is 28.2. The highest BCUT2D eigenvalue weighted by Gasteiger charge is 2.29. The second-order valence-corrected chi connectivity index (χ2v) is 9.85. The number of carbonyl (C=O) groups excluding carboxylic acids is 1. The summed E-state index contributed by atoms with van der Waals surface area (Å²) in [6, 6.07) is 12.2. The summed E-state index contributed by atoms with van der Waals surface area (Å²) >= 11 is 0. The van der Waals surface area contributed by atoms with E-state index in [0.29, 0.717) is 38.7 Å². The van der Waals surface area contributed by atoms with Crippen molar-refractivity contribution in [1.29, 1.82) is 0 Å². The van der Waals surface area contributed by atoms with Crippen molar-refractivity contribution < 1.29 is 14.6 Å². The third-order valence-corrected chi connectivity index (χ3v) is 7.26. The number of benzene rings is 2. The summed E-state index contributed by atoms with van der Waals surface area (Å²) < 4.78 is 6.17. The number of carbonyl (C=O) groups is 1. The monoisotopic (exact) mass is 501 g/mol. The number of aromatic hydroxyl groups is 1. The Labute approximate surface area is 218 Å². The van der Waals surface area contributed by atoms with Crippen LogP contribution in [0.4, 0.5) is 11.5 Å². The standard InChI is InChI=1S/C29H35N5O3/c1-4-8-20(3)37-29-30-25-19-34(26-18-22(35)17-21-9-6-7-10-23(21)26)12-11-24(25)28(31-29)33-15-13-32(14-16-33)27(36)5-2/h5-7,9-10,17-18,20,35H,2,4,8,11-16,19H2,1,3H3/t20-/m1/s1. The van der Waals surface area contributed by atoms with Gasteiger partial charge < -0.3 is 24.5 Å². The molecule has 0 saturated carbocycles. The first-order valence-electron chi connectivity index (χ1n) is 13.2. The Kier molecular flexibility index (Phi) is 7.17. The Balaban J connectivity index is 1.48. The highest BCUT2D eigenvalue weighted by Crippen LogP contribution is 2.36. The van der Waals surface area contributed by atoms with Crippen LogP contribution in [0.25, 0.3) is 10.8 Å². The Hall–Kier alpha value is -3.81. The molecule has 1 N–H and O–H groups in total. The van der Waals surface area contributed by atoms with Gasteiger partial charge in [-0.25, -0.2) is 0 Å². The quantitative estimate of drug-likeness (QED) is 0.484. The summed E-state index contributed by atoms with van der Waals surface area (Å²) in [7, 11) is 0. The molecule has 2 aliphatic rings. The largest absolute Gasteiger partial charge is 0.508 e. The highest BCUT2D eigenvalue weighted by atomic mass is 16.5. The van der Waals surface area contributed by atoms with Crippen LogP contribution in [-0.4, -0.2) is 64.7 Å². The van der Waals surface area contributed by atoms with Crippen LogP contribution in [-0.2, 0) is 17.8 Å². The van der Waals surface area contributed by atoms with Gasteiger partial charge in [0.1, 0.15) is 11.6 Å². The molecule has 0 radical (unpaired) electrons. The first-order chi connectivity index (χ1) is 18.0. The molecule has 1 atom stereocenters. The van der Waals surface area contributed by atoms with Gasteiger partial charge in [0.05, 0.1) is 18.3 Å². The zero-order valence-corrected chi connectivity index (χ0v) is 21.7. The van der Waals surface area contributed by atoms with Crippen LogP contribution in [0.5, 0.6) is 11.8 Å². The van der Waals surface area contributed by atoms with E-state index in [9.17, 15) is 9.90 Å². The Morgan fingerprint density at radius 2 is 1.92 bits per heavy atom. The van der Waals surface area contributed by atoms with Gasteiger partial charge in [0.15, 0.2) is 0 Å². The average Bonchev–Trinajstić information content (AvgIpc) is 2.91. The molecule has 2 aliphatic heterocycles. The predicted molar refractivity (Wildman–Crippen MR) is 146 cm³/mol. The number of ether oxygens (including phenoxy) is 1. The maximum Gasteiger partial charge on any atom is 0.318 e. The van der Waals surface area contributed by atoms with Gasteiger partial charge in [-0.05, 0) is 37.3 Å². The van der Waals surface area contributed by atoms with Crippen LogP contribution >= 0.6 is 0 Å². The van der Waals surface area contributed by atoms with Gasteiger partial charge in [0.25, 0.3) is 0 Å². The third-order valence-electron chi connectivity index (χ3n) is 7.26. The van der Waals surface area contributed by atoms with Crippen LogP contribution in [0.2, 0.25) is 0 Å². The van der Waals surface area contributed by atoms with Crippen LogP contribution in [0.3, 0.4) is 0 Å². The number of anilines is 2. The van der Waals surface area contributed by atoms with Crippen molar-refractivity contribution in [2.75, 3.05) is 42.5 Å². The topological polar surface area (TPSA) is 82.0 Å². The average molecular weight is 502 g/mol. The minimum absolute atomic E-state index is 0.0210. The summed E-state index contributed by atoms with van der Waals surface area (Å²) in [5.74, 6) is 1.14. The lowest BCUT2D eigenvalue weighted by atomic mass is 10.0. The lowest BCUT2D eigenvalue weighted by Crippen LogP contribution is -2.49. The Morgan fingerprint density at radius 3 is 2.68 bits per heavy atom. The molecule has 0 unspecified atom stereocenters. The summed E-state index contributed by atoms with van der Waals surface area (Å²) in [6.45, 7) is 11.9. The third kappa shape index (κ3) is 5.19. The van der Waals surface area contributed by atoms with Gasteiger partial charge in [0, 0.05) is 55.4 Å². The van der Waals surface area contributed by atoms with Crippen molar-refractivity contribution in [3.05, 3.63) is 60.3 Å². The number of phenols is 1. The number of amides is 1. The van der Waals surface area contributed by atoms with Crippen molar-refractivity contribution in [1.82, 2.24) is 14.9 Å². The molecule has 2 aromatic carbocycles. The highest BCUT2D eigenvalue weighted by molar-refractivity contribution is 5.95. The molecule has 5 rings (SSSR count). The van der Waals surface area contributed by atoms with Crippen molar-refractivity contribution in [3.8, 4) is 11.8 Å². The summed E-state index contributed by atoms with van der Waals surface area (Å²) in [6.07, 6.45) is 4.14. The van der Waals surface area contributed by atoms with E-state index in [-0.39, 0.29) is 17.8 Å². The van der Waals surface area contributed by atoms with Gasteiger partial charge >= 0.3 is 6.01 Å². The number of aromatic nitrogens is 2. The molecule has 8 nitrogen and oxygen atoms in total. The number of fused-ring (bicyclic) bond motifs is 2. The molecule has 1 aromatic heterocycles. The lowest BCUT2D eigenvalue weighted by Gasteiger charge is -2.38. The molecule has 3 heterocycles. The Morgan fingerprint density at radius 1 is 1.14 bits per heavy atom. The fourth-order valence-corrected chi connectivity index (χ4v) is 5.36. The van der Waals surface area contributed by atoms with Crippen molar-refractivity contribution in [2.45, 2.75) is 45.8 Å². The molecule has 1 amide bonds. The Bertz CT molecular complexity index is 1300. The van der Waals surface area contributed by atoms with E-state index in [1.165, 1.54) is 6.08 Å². The molecule has 3 aromatic rings. The number of hydrogen-bond acceptors (Lipinski definition) is 7. The van der Waals surface area contributed by atoms with E-state index < -0.39 is 0 Å². The van der Waals surface area contributed by atoms with Crippen LogP contribution in [0.15, 0.2) is 49.1 Å². The van der Waals surface area contributed by atoms with Gasteiger partial charge in [-0.1, -0.05) is 44.2 Å². The molecule has 0 bridgehead atoms. The zero-order chi connectivity index (χ0) is 25.9. The summed E-state index contributed by atoms with van der Waals surface area (Å²) in [5.41, 5.74) is 3.09. The molecule has 194 valence electrons. The molecule has 8 heteroatoms. The fourth-order valence-electron chi connectivity index (χ4n) is 5.36. The van der Waals surface area contributed by atoms with Crippen molar-refractivity contribution in [2.24, 2.45) is 0 Å². The maximum absolute atomic E-state index is 12.1. The SMILES string of the molecule is C=CC(=O)N1CCN(c2nc(O[C@H](C)CCC)nc3c2CCN(c2cc(O)cc4ccccc24)C3)CC1. The minimum Gasteiger partial charge on any atom is -0.508 e. The van der Waals surface area contributed by atoms with E-state index in [4.69, 9.17) is 14.7 Å². The number of piperazine rings is 1. The number of rotatable bonds is 7. The second kappa shape index (κ2) is 10.7. The molecular weight excluding hydrogens is 466 g/mol. The zero-order valence-electron chi connectivity index (χ0n) is 21.7. The van der Waals surface area contributed by atoms with Gasteiger partial charge in [-0.2, -0.15) is 9.97 Å². The maximum atomic E-state index is 12.1. The second-order valence-electron chi connectivity index (χ2n) is 9.85. The molecule has 0 spiro atoms. The van der Waals surface area contributed by atoms with Crippen molar-refractivity contribution >= 4 is 28.2 Å². The molecular formula is C29H35N5O3. The van der Waals surface area contributed by atoms with E-state index in [2.05, 4.69) is 36.3 Å². The fraction of sp³-hybridized carbons (Fsp3) is 0.414. The number of nitrogens with zero attached hydrogens (tertiary/aromatic N) is 5. The number of hydrogen-bond donors (Lipinski definition) is 1. The molecule has 1 fully saturated rings. The predicted octanol–water partition coefficient (Wildman–Crippen LogP) is 4.30. The van der Waals surface area contributed by atoms with Gasteiger partial charge in [0.2, 0.25) is 5.91 Å².